The normalized spacial score (nSPS) is 20.5. The smallest absolute Gasteiger partial charge is 0.236 e. The summed E-state index contributed by atoms with van der Waals surface area (Å²) in [4.78, 5) is 14.1. The van der Waals surface area contributed by atoms with Gasteiger partial charge in [-0.25, -0.2) is 4.39 Å². The quantitative estimate of drug-likeness (QED) is 0.906. The van der Waals surface area contributed by atoms with Crippen molar-refractivity contribution in [2.45, 2.75) is 25.3 Å². The number of nitrogens with zero attached hydrogens (tertiary/aromatic N) is 1. The first-order chi connectivity index (χ1) is 10.7. The standard InChI is InChI=1S/C17H23FN2O2/c18-15-6-4-14(5-7-15)17(13-2-1-3-13)19-12-16(21)20-8-10-22-11-9-20/h4-7,13,17,19H,1-3,8-12H2/t17-/m0/s1. The summed E-state index contributed by atoms with van der Waals surface area (Å²) in [6, 6.07) is 6.77. The number of nitrogens with one attached hydrogen (secondary N) is 1. The molecule has 1 saturated heterocycles. The second kappa shape index (κ2) is 7.20. The highest BCUT2D eigenvalue weighted by Crippen LogP contribution is 2.37. The summed E-state index contributed by atoms with van der Waals surface area (Å²) in [5.41, 5.74) is 1.07. The Morgan fingerprint density at radius 3 is 2.55 bits per heavy atom. The first kappa shape index (κ1) is 15.4. The third kappa shape index (κ3) is 3.65. The summed E-state index contributed by atoms with van der Waals surface area (Å²) in [5, 5.41) is 3.40. The first-order valence-corrected chi connectivity index (χ1v) is 8.08. The van der Waals surface area contributed by atoms with Crippen LogP contribution in [-0.4, -0.2) is 43.7 Å². The molecular weight excluding hydrogens is 283 g/mol. The summed E-state index contributed by atoms with van der Waals surface area (Å²) in [5.74, 6) is 0.443. The second-order valence-electron chi connectivity index (χ2n) is 6.09. The third-order valence-corrected chi connectivity index (χ3v) is 4.69. The third-order valence-electron chi connectivity index (χ3n) is 4.69. The molecule has 1 atom stereocenters. The van der Waals surface area contributed by atoms with E-state index in [4.69, 9.17) is 4.74 Å². The van der Waals surface area contributed by atoms with E-state index < -0.39 is 0 Å². The lowest BCUT2D eigenvalue weighted by Gasteiger charge is -2.35. The van der Waals surface area contributed by atoms with E-state index >= 15 is 0 Å². The van der Waals surface area contributed by atoms with Gasteiger partial charge in [-0.05, 0) is 36.5 Å². The van der Waals surface area contributed by atoms with Crippen LogP contribution in [0.25, 0.3) is 0 Å². The van der Waals surface area contributed by atoms with Crippen molar-refractivity contribution in [2.75, 3.05) is 32.8 Å². The lowest BCUT2D eigenvalue weighted by Crippen LogP contribution is -2.46. The number of amides is 1. The second-order valence-corrected chi connectivity index (χ2v) is 6.09. The fraction of sp³-hybridized carbons (Fsp3) is 0.588. The van der Waals surface area contributed by atoms with Crippen molar-refractivity contribution >= 4 is 5.91 Å². The van der Waals surface area contributed by atoms with Crippen molar-refractivity contribution in [2.24, 2.45) is 5.92 Å². The number of rotatable bonds is 5. The molecule has 0 radical (unpaired) electrons. The molecule has 5 heteroatoms. The summed E-state index contributed by atoms with van der Waals surface area (Å²) in [6.07, 6.45) is 3.57. The molecule has 1 N–H and O–H groups in total. The molecule has 0 bridgehead atoms. The lowest BCUT2D eigenvalue weighted by atomic mass is 9.77. The molecule has 4 nitrogen and oxygen atoms in total. The van der Waals surface area contributed by atoms with Crippen LogP contribution in [0.2, 0.25) is 0 Å². The van der Waals surface area contributed by atoms with Gasteiger partial charge in [-0.2, -0.15) is 0 Å². The largest absolute Gasteiger partial charge is 0.378 e. The first-order valence-electron chi connectivity index (χ1n) is 8.08. The van der Waals surface area contributed by atoms with Gasteiger partial charge in [-0.15, -0.1) is 0 Å². The van der Waals surface area contributed by atoms with E-state index in [0.717, 1.165) is 5.56 Å². The Labute approximate surface area is 130 Å². The summed E-state index contributed by atoms with van der Waals surface area (Å²) >= 11 is 0. The van der Waals surface area contributed by atoms with Gasteiger partial charge < -0.3 is 15.0 Å². The Hall–Kier alpha value is -1.46. The van der Waals surface area contributed by atoms with Gasteiger partial charge in [0.2, 0.25) is 5.91 Å². The molecule has 0 unspecified atom stereocenters. The van der Waals surface area contributed by atoms with Crippen LogP contribution in [0.1, 0.15) is 30.9 Å². The fourth-order valence-electron chi connectivity index (χ4n) is 3.12. The highest BCUT2D eigenvalue weighted by Gasteiger charge is 2.29. The van der Waals surface area contributed by atoms with E-state index in [2.05, 4.69) is 5.32 Å². The van der Waals surface area contributed by atoms with E-state index in [-0.39, 0.29) is 17.8 Å². The topological polar surface area (TPSA) is 41.6 Å². The van der Waals surface area contributed by atoms with Gasteiger partial charge in [0.1, 0.15) is 5.82 Å². The van der Waals surface area contributed by atoms with Crippen molar-refractivity contribution in [3.05, 3.63) is 35.6 Å². The van der Waals surface area contributed by atoms with Crippen LogP contribution in [0.4, 0.5) is 4.39 Å². The molecule has 22 heavy (non-hydrogen) atoms. The molecule has 120 valence electrons. The molecule has 1 amide bonds. The molecule has 2 fully saturated rings. The van der Waals surface area contributed by atoms with Crippen molar-refractivity contribution in [3.63, 3.8) is 0 Å². The highest BCUT2D eigenvalue weighted by atomic mass is 19.1. The van der Waals surface area contributed by atoms with Gasteiger partial charge in [-0.1, -0.05) is 18.6 Å². The number of hydrogen-bond acceptors (Lipinski definition) is 3. The molecule has 1 aromatic carbocycles. The zero-order valence-electron chi connectivity index (χ0n) is 12.8. The molecule has 1 aromatic rings. The molecule has 1 aliphatic carbocycles. The van der Waals surface area contributed by atoms with Crippen LogP contribution in [0, 0.1) is 11.7 Å². The molecule has 2 aliphatic rings. The minimum absolute atomic E-state index is 0.120. The minimum Gasteiger partial charge on any atom is -0.378 e. The van der Waals surface area contributed by atoms with Gasteiger partial charge in [0.15, 0.2) is 0 Å². The Kier molecular flexibility index (Phi) is 5.05. The maximum absolute atomic E-state index is 13.1. The average Bonchev–Trinajstić information content (AvgIpc) is 2.51. The monoisotopic (exact) mass is 306 g/mol. The van der Waals surface area contributed by atoms with E-state index in [0.29, 0.717) is 38.8 Å². The average molecular weight is 306 g/mol. The zero-order valence-corrected chi connectivity index (χ0v) is 12.8. The summed E-state index contributed by atoms with van der Waals surface area (Å²) in [6.45, 7) is 2.92. The van der Waals surface area contributed by atoms with Crippen LogP contribution in [0.15, 0.2) is 24.3 Å². The van der Waals surface area contributed by atoms with Gasteiger partial charge in [0.05, 0.1) is 19.8 Å². The Morgan fingerprint density at radius 1 is 1.27 bits per heavy atom. The maximum atomic E-state index is 13.1. The van der Waals surface area contributed by atoms with Gasteiger partial charge in [-0.3, -0.25) is 4.79 Å². The van der Waals surface area contributed by atoms with E-state index in [1.807, 2.05) is 17.0 Å². The maximum Gasteiger partial charge on any atom is 0.236 e. The van der Waals surface area contributed by atoms with Gasteiger partial charge >= 0.3 is 0 Å². The zero-order chi connectivity index (χ0) is 15.4. The van der Waals surface area contributed by atoms with E-state index in [1.54, 1.807) is 0 Å². The predicted octanol–water partition coefficient (Wildman–Crippen LogP) is 2.12. The Bertz CT molecular complexity index is 496. The van der Waals surface area contributed by atoms with Gasteiger partial charge in [0, 0.05) is 19.1 Å². The van der Waals surface area contributed by atoms with Crippen LogP contribution < -0.4 is 5.32 Å². The highest BCUT2D eigenvalue weighted by molar-refractivity contribution is 5.78. The number of hydrogen-bond donors (Lipinski definition) is 1. The van der Waals surface area contributed by atoms with Crippen molar-refractivity contribution in [3.8, 4) is 0 Å². The van der Waals surface area contributed by atoms with Crippen LogP contribution in [0.5, 0.6) is 0 Å². The molecule has 1 saturated carbocycles. The Balaban J connectivity index is 1.60. The predicted molar refractivity (Wildman–Crippen MR) is 81.9 cm³/mol. The van der Waals surface area contributed by atoms with Gasteiger partial charge in [0.25, 0.3) is 0 Å². The number of halogens is 1. The SMILES string of the molecule is O=C(CN[C@H](c1ccc(F)cc1)C1CCC1)N1CCOCC1. The molecule has 1 heterocycles. The molecule has 0 aromatic heterocycles. The van der Waals surface area contributed by atoms with Crippen molar-refractivity contribution < 1.29 is 13.9 Å². The molecule has 0 spiro atoms. The number of benzene rings is 1. The number of morpholine rings is 1. The van der Waals surface area contributed by atoms with E-state index in [1.165, 1.54) is 31.4 Å². The fourth-order valence-corrected chi connectivity index (χ4v) is 3.12. The van der Waals surface area contributed by atoms with Crippen LogP contribution in [-0.2, 0) is 9.53 Å². The molecular formula is C17H23FN2O2. The molecule has 1 aliphatic heterocycles. The van der Waals surface area contributed by atoms with Crippen LogP contribution in [0.3, 0.4) is 0 Å². The van der Waals surface area contributed by atoms with Crippen molar-refractivity contribution in [1.29, 1.82) is 0 Å². The number of carbonyl (C=O) groups is 1. The minimum atomic E-state index is -0.222. The lowest BCUT2D eigenvalue weighted by molar-refractivity contribution is -0.134. The Morgan fingerprint density at radius 2 is 1.95 bits per heavy atom. The number of carbonyl (C=O) groups excluding carboxylic acids is 1. The number of ether oxygens (including phenoxy) is 1. The summed E-state index contributed by atoms with van der Waals surface area (Å²) in [7, 11) is 0. The molecule has 3 rings (SSSR count). The van der Waals surface area contributed by atoms with E-state index in [9.17, 15) is 9.18 Å². The summed E-state index contributed by atoms with van der Waals surface area (Å²) < 4.78 is 18.4. The van der Waals surface area contributed by atoms with Crippen molar-refractivity contribution in [1.82, 2.24) is 10.2 Å². The van der Waals surface area contributed by atoms with Crippen LogP contribution >= 0.6 is 0 Å².